The fraction of sp³-hybridized carbons (Fsp3) is 0.118. The average molecular weight is 316 g/mol. The smallest absolute Gasteiger partial charge is 0.381 e. The highest BCUT2D eigenvalue weighted by atomic mass is 32.2. The second-order valence-electron chi connectivity index (χ2n) is 4.48. The van der Waals surface area contributed by atoms with Crippen molar-refractivity contribution in [1.82, 2.24) is 0 Å². The fourth-order valence-electron chi connectivity index (χ4n) is 1.50. The molecule has 0 radical (unpaired) electrons. The number of hydrogen-bond donors (Lipinski definition) is 0. The highest BCUT2D eigenvalue weighted by molar-refractivity contribution is 7.99. The Bertz CT molecular complexity index is 647. The molecule has 2 rings (SSSR count). The summed E-state index contributed by atoms with van der Waals surface area (Å²) in [5, 5.41) is 0. The third kappa shape index (κ3) is 4.56. The molecule has 0 saturated carbocycles. The predicted octanol–water partition coefficient (Wildman–Crippen LogP) is 4.26. The highest BCUT2D eigenvalue weighted by Gasteiger charge is 2.06. The van der Waals surface area contributed by atoms with Crippen molar-refractivity contribution in [3.8, 4) is 11.5 Å². The van der Waals surface area contributed by atoms with Crippen LogP contribution in [0.2, 0.25) is 0 Å². The van der Waals surface area contributed by atoms with Gasteiger partial charge in [0.2, 0.25) is 0 Å². The molecule has 114 valence electrons. The molecule has 0 bridgehead atoms. The zero-order valence-electron chi connectivity index (χ0n) is 12.4. The van der Waals surface area contributed by atoms with Gasteiger partial charge in [-0.25, -0.2) is 9.68 Å². The number of methoxy groups -OCH3 is 1. The predicted molar refractivity (Wildman–Crippen MR) is 85.1 cm³/mol. The molecule has 22 heavy (non-hydrogen) atoms. The standard InChI is InChI=1S/C17H16O4S/c1-12(2)17(18)21-20-14-6-10-16(11-7-14)22-15-8-4-13(19-3)5-9-15/h4-11H,1H2,2-3H3. The monoisotopic (exact) mass is 316 g/mol. The molecule has 2 aromatic carbocycles. The van der Waals surface area contributed by atoms with Crippen LogP contribution in [0.5, 0.6) is 11.5 Å². The van der Waals surface area contributed by atoms with Crippen molar-refractivity contribution in [1.29, 1.82) is 0 Å². The first-order valence-electron chi connectivity index (χ1n) is 6.55. The average Bonchev–Trinajstić information content (AvgIpc) is 2.54. The zero-order valence-corrected chi connectivity index (χ0v) is 13.2. The van der Waals surface area contributed by atoms with Gasteiger partial charge in [-0.05, 0) is 55.5 Å². The van der Waals surface area contributed by atoms with Crippen molar-refractivity contribution >= 4 is 17.7 Å². The lowest BCUT2D eigenvalue weighted by atomic mass is 10.3. The minimum Gasteiger partial charge on any atom is -0.497 e. The van der Waals surface area contributed by atoms with E-state index < -0.39 is 5.97 Å². The topological polar surface area (TPSA) is 44.8 Å². The van der Waals surface area contributed by atoms with E-state index in [-0.39, 0.29) is 5.57 Å². The molecule has 0 heterocycles. The summed E-state index contributed by atoms with van der Waals surface area (Å²) in [4.78, 5) is 22.9. The zero-order chi connectivity index (χ0) is 15.9. The molecule has 4 nitrogen and oxygen atoms in total. The Hall–Kier alpha value is -2.40. The number of rotatable bonds is 6. The Morgan fingerprint density at radius 3 is 1.91 bits per heavy atom. The van der Waals surface area contributed by atoms with E-state index in [1.807, 2.05) is 36.4 Å². The molecular weight excluding hydrogens is 300 g/mol. The Morgan fingerprint density at radius 1 is 0.955 bits per heavy atom. The summed E-state index contributed by atoms with van der Waals surface area (Å²) in [6, 6.07) is 15.0. The van der Waals surface area contributed by atoms with Gasteiger partial charge in [-0.3, -0.25) is 4.89 Å². The second kappa shape index (κ2) is 7.56. The van der Waals surface area contributed by atoms with Gasteiger partial charge in [0.15, 0.2) is 5.75 Å². The number of hydrogen-bond acceptors (Lipinski definition) is 5. The van der Waals surface area contributed by atoms with Gasteiger partial charge in [0.25, 0.3) is 0 Å². The van der Waals surface area contributed by atoms with E-state index in [9.17, 15) is 4.79 Å². The van der Waals surface area contributed by atoms with Crippen molar-refractivity contribution in [2.75, 3.05) is 7.11 Å². The molecule has 0 unspecified atom stereocenters. The molecule has 0 N–H and O–H groups in total. The maximum Gasteiger partial charge on any atom is 0.381 e. The van der Waals surface area contributed by atoms with Crippen LogP contribution in [-0.2, 0) is 9.68 Å². The van der Waals surface area contributed by atoms with Crippen LogP contribution in [-0.4, -0.2) is 13.1 Å². The normalized spacial score (nSPS) is 9.91. The summed E-state index contributed by atoms with van der Waals surface area (Å²) in [7, 11) is 1.64. The van der Waals surface area contributed by atoms with Crippen molar-refractivity contribution in [3.63, 3.8) is 0 Å². The lowest BCUT2D eigenvalue weighted by molar-refractivity contribution is -0.208. The molecule has 0 amide bonds. The largest absolute Gasteiger partial charge is 0.497 e. The molecule has 0 fully saturated rings. The SMILES string of the molecule is C=C(C)C(=O)OOc1ccc(Sc2ccc(OC)cc2)cc1. The molecule has 0 aliphatic heterocycles. The minimum atomic E-state index is -0.586. The molecular formula is C17H16O4S. The number of carbonyl (C=O) groups is 1. The maximum absolute atomic E-state index is 11.2. The Balaban J connectivity index is 1.93. The van der Waals surface area contributed by atoms with Gasteiger partial charge in [0, 0.05) is 15.4 Å². The second-order valence-corrected chi connectivity index (χ2v) is 5.63. The van der Waals surface area contributed by atoms with Gasteiger partial charge in [0.1, 0.15) is 5.75 Å². The highest BCUT2D eigenvalue weighted by Crippen LogP contribution is 2.30. The van der Waals surface area contributed by atoms with Crippen LogP contribution in [0.1, 0.15) is 6.92 Å². The first kappa shape index (κ1) is 16.0. The number of ether oxygens (including phenoxy) is 1. The summed E-state index contributed by atoms with van der Waals surface area (Å²) in [6.45, 7) is 5.03. The van der Waals surface area contributed by atoms with E-state index >= 15 is 0 Å². The van der Waals surface area contributed by atoms with Crippen molar-refractivity contribution in [2.24, 2.45) is 0 Å². The third-order valence-electron chi connectivity index (χ3n) is 2.68. The van der Waals surface area contributed by atoms with Crippen LogP contribution in [0.25, 0.3) is 0 Å². The summed E-state index contributed by atoms with van der Waals surface area (Å²) in [5.74, 6) is 0.692. The van der Waals surface area contributed by atoms with Crippen LogP contribution >= 0.6 is 11.8 Å². The van der Waals surface area contributed by atoms with E-state index in [2.05, 4.69) is 11.5 Å². The molecule has 0 spiro atoms. The summed E-state index contributed by atoms with van der Waals surface area (Å²) < 4.78 is 5.12. The van der Waals surface area contributed by atoms with Gasteiger partial charge < -0.3 is 4.74 Å². The summed E-state index contributed by atoms with van der Waals surface area (Å²) in [5.41, 5.74) is 0.284. The van der Waals surface area contributed by atoms with Gasteiger partial charge in [-0.15, -0.1) is 0 Å². The van der Waals surface area contributed by atoms with Gasteiger partial charge in [-0.2, -0.15) is 0 Å². The molecule has 0 aromatic heterocycles. The molecule has 0 aliphatic rings. The molecule has 2 aromatic rings. The van der Waals surface area contributed by atoms with Crippen molar-refractivity contribution < 1.29 is 19.3 Å². The summed E-state index contributed by atoms with van der Waals surface area (Å²) in [6.07, 6.45) is 0. The lowest BCUT2D eigenvalue weighted by Gasteiger charge is -2.06. The summed E-state index contributed by atoms with van der Waals surface area (Å²) >= 11 is 1.61. The Kier molecular flexibility index (Phi) is 5.49. The van der Waals surface area contributed by atoms with Crippen LogP contribution in [0.15, 0.2) is 70.5 Å². The van der Waals surface area contributed by atoms with Crippen LogP contribution in [0.3, 0.4) is 0 Å². The lowest BCUT2D eigenvalue weighted by Crippen LogP contribution is -2.07. The molecule has 0 aliphatic carbocycles. The van der Waals surface area contributed by atoms with Crippen LogP contribution < -0.4 is 9.62 Å². The quantitative estimate of drug-likeness (QED) is 0.452. The fourth-order valence-corrected chi connectivity index (χ4v) is 2.32. The molecule has 0 saturated heterocycles. The Morgan fingerprint density at radius 2 is 1.45 bits per heavy atom. The third-order valence-corrected chi connectivity index (χ3v) is 3.70. The van der Waals surface area contributed by atoms with E-state index in [1.165, 1.54) is 0 Å². The van der Waals surface area contributed by atoms with Gasteiger partial charge in [-0.1, -0.05) is 18.3 Å². The van der Waals surface area contributed by atoms with Crippen molar-refractivity contribution in [2.45, 2.75) is 16.7 Å². The van der Waals surface area contributed by atoms with Crippen LogP contribution in [0, 0.1) is 0 Å². The van der Waals surface area contributed by atoms with E-state index in [0.29, 0.717) is 5.75 Å². The van der Waals surface area contributed by atoms with Gasteiger partial charge in [0.05, 0.1) is 7.11 Å². The van der Waals surface area contributed by atoms with E-state index in [1.54, 1.807) is 37.9 Å². The van der Waals surface area contributed by atoms with E-state index in [4.69, 9.17) is 9.62 Å². The first-order valence-corrected chi connectivity index (χ1v) is 7.36. The Labute approximate surface area is 133 Å². The number of carbonyl (C=O) groups excluding carboxylic acids is 1. The number of benzene rings is 2. The molecule has 5 heteroatoms. The van der Waals surface area contributed by atoms with Crippen LogP contribution in [0.4, 0.5) is 0 Å². The van der Waals surface area contributed by atoms with Gasteiger partial charge >= 0.3 is 5.97 Å². The molecule has 0 atom stereocenters. The van der Waals surface area contributed by atoms with E-state index in [0.717, 1.165) is 15.5 Å². The minimum absolute atomic E-state index is 0.284. The first-order chi connectivity index (χ1) is 10.6. The van der Waals surface area contributed by atoms with Crippen molar-refractivity contribution in [3.05, 3.63) is 60.7 Å². The maximum atomic E-state index is 11.2.